The molecule has 0 saturated heterocycles. The number of oxime groups is 1. The average Bonchev–Trinajstić information content (AvgIpc) is 2.37. The molecule has 13 heavy (non-hydrogen) atoms. The minimum absolute atomic E-state index is 0. The zero-order chi connectivity index (χ0) is 9.14. The Morgan fingerprint density at radius 3 is 2.69 bits per heavy atom. The maximum atomic E-state index is 10.6. The second-order valence-corrected chi connectivity index (χ2v) is 2.97. The molecule has 1 aromatic heterocycles. The van der Waals surface area contributed by atoms with E-state index in [2.05, 4.69) is 10.1 Å². The van der Waals surface area contributed by atoms with Crippen LogP contribution >= 0.6 is 11.3 Å². The number of nitrogens with two attached hydrogens (primary N) is 1. The van der Waals surface area contributed by atoms with Gasteiger partial charge < -0.3 is 10.9 Å². The Morgan fingerprint density at radius 1 is 1.77 bits per heavy atom. The van der Waals surface area contributed by atoms with E-state index in [1.54, 1.807) is 12.3 Å². The molecule has 75 valence electrons. The van der Waals surface area contributed by atoms with Gasteiger partial charge in [-0.05, 0) is 6.92 Å². The van der Waals surface area contributed by atoms with E-state index in [0.29, 0.717) is 5.01 Å². The fraction of sp³-hybridized carbons (Fsp3) is 0.167. The predicted octanol–water partition coefficient (Wildman–Crippen LogP) is 0.113. The Labute approximate surface area is 94.2 Å². The number of primary amides is 1. The fourth-order valence-electron chi connectivity index (χ4n) is 0.660. The van der Waals surface area contributed by atoms with Crippen LogP contribution in [0, 0.1) is 6.92 Å². The van der Waals surface area contributed by atoms with Gasteiger partial charge in [-0.25, -0.2) is 4.98 Å². The summed E-state index contributed by atoms with van der Waals surface area (Å²) in [4.78, 5) is 14.6. The van der Waals surface area contributed by atoms with Gasteiger partial charge in [0.2, 0.25) is 5.71 Å². The number of hydrogen-bond acceptors (Lipinski definition) is 5. The summed E-state index contributed by atoms with van der Waals surface area (Å²) in [7, 11) is 0. The molecule has 1 radical (unpaired) electrons. The van der Waals surface area contributed by atoms with Crippen LogP contribution in [-0.4, -0.2) is 21.8 Å². The van der Waals surface area contributed by atoms with Crippen molar-refractivity contribution in [3.63, 3.8) is 0 Å². The first-order valence-corrected chi connectivity index (χ1v) is 3.97. The molecule has 0 fully saturated rings. The van der Waals surface area contributed by atoms with Crippen LogP contribution in [0.1, 0.15) is 10.7 Å². The summed E-state index contributed by atoms with van der Waals surface area (Å²) in [5.74, 6) is -0.785. The summed E-state index contributed by atoms with van der Waals surface area (Å²) in [5.41, 5.74) is 5.49. The summed E-state index contributed by atoms with van der Waals surface area (Å²) in [6.45, 7) is 1.77. The number of aromatic nitrogens is 1. The maximum Gasteiger partial charge on any atom is 0.273 e. The second kappa shape index (κ2) is 5.13. The van der Waals surface area contributed by atoms with Crippen molar-refractivity contribution in [2.75, 3.05) is 0 Å². The van der Waals surface area contributed by atoms with Crippen molar-refractivity contribution in [3.05, 3.63) is 16.1 Å². The molecule has 7 heteroatoms. The van der Waals surface area contributed by atoms with Crippen LogP contribution in [0.4, 0.5) is 0 Å². The Bertz CT molecular complexity index is 336. The van der Waals surface area contributed by atoms with Crippen LogP contribution in [0.15, 0.2) is 10.5 Å². The van der Waals surface area contributed by atoms with E-state index >= 15 is 0 Å². The molecule has 0 aliphatic carbocycles. The average molecular weight is 293 g/mol. The molecule has 1 aromatic rings. The van der Waals surface area contributed by atoms with Gasteiger partial charge >= 0.3 is 0 Å². The van der Waals surface area contributed by atoms with Crippen molar-refractivity contribution in [1.29, 1.82) is 0 Å². The van der Waals surface area contributed by atoms with Crippen LogP contribution in [0.25, 0.3) is 0 Å². The van der Waals surface area contributed by atoms with E-state index < -0.39 is 5.91 Å². The number of amides is 1. The summed E-state index contributed by atoms with van der Waals surface area (Å²) >= 11 is 1.21. The Kier molecular flexibility index (Phi) is 4.86. The maximum absolute atomic E-state index is 10.6. The van der Waals surface area contributed by atoms with E-state index in [1.165, 1.54) is 11.3 Å². The van der Waals surface area contributed by atoms with Gasteiger partial charge in [0, 0.05) is 33.5 Å². The summed E-state index contributed by atoms with van der Waals surface area (Å²) in [6.07, 6.45) is 0. The first-order valence-electron chi connectivity index (χ1n) is 3.09. The normalized spacial score (nSPS) is 10.7. The zero-order valence-corrected chi connectivity index (χ0v) is 8.91. The van der Waals surface area contributed by atoms with Gasteiger partial charge in [-0.2, -0.15) is 0 Å². The van der Waals surface area contributed by atoms with Gasteiger partial charge in [-0.3, -0.25) is 4.79 Å². The Morgan fingerprint density at radius 2 is 2.38 bits per heavy atom. The van der Waals surface area contributed by atoms with Crippen molar-refractivity contribution in [2.24, 2.45) is 10.9 Å². The third-order valence-electron chi connectivity index (χ3n) is 1.15. The first-order chi connectivity index (χ1) is 5.65. The van der Waals surface area contributed by atoms with Crippen molar-refractivity contribution >= 4 is 23.0 Å². The molecule has 0 saturated carbocycles. The van der Waals surface area contributed by atoms with Crippen LogP contribution in [0.3, 0.4) is 0 Å². The molecule has 0 atom stereocenters. The Hall–Kier alpha value is -0.690. The number of rotatable bonds is 2. The molecule has 0 unspecified atom stereocenters. The standard InChI is InChI=1S/C6H7N3O2S.Ag/c1-3-2-12-6(8-3)4(9-11)5(7)10;/h2,11H,1H3,(H2,7,10);/b9-4+;. The summed E-state index contributed by atoms with van der Waals surface area (Å²) < 4.78 is 0. The summed E-state index contributed by atoms with van der Waals surface area (Å²) in [5, 5.41) is 13.2. The molecule has 0 aromatic carbocycles. The van der Waals surface area contributed by atoms with Gasteiger partial charge in [0.05, 0.1) is 0 Å². The van der Waals surface area contributed by atoms with Crippen LogP contribution < -0.4 is 5.73 Å². The second-order valence-electron chi connectivity index (χ2n) is 2.11. The minimum atomic E-state index is -0.785. The van der Waals surface area contributed by atoms with Crippen molar-refractivity contribution in [1.82, 2.24) is 4.98 Å². The molecule has 1 rings (SSSR count). The SMILES string of the molecule is Cc1csc(/C(=N/O)C(N)=O)n1.[Ag]. The predicted molar refractivity (Wildman–Crippen MR) is 44.4 cm³/mol. The van der Waals surface area contributed by atoms with Gasteiger partial charge in [0.25, 0.3) is 5.91 Å². The van der Waals surface area contributed by atoms with Crippen molar-refractivity contribution in [3.8, 4) is 0 Å². The molecule has 0 aliphatic heterocycles. The molecular formula is C6H7AgN3O2S. The number of aryl methyl sites for hydroxylation is 1. The smallest absolute Gasteiger partial charge is 0.273 e. The monoisotopic (exact) mass is 292 g/mol. The molecular weight excluding hydrogens is 286 g/mol. The van der Waals surface area contributed by atoms with E-state index in [9.17, 15) is 4.79 Å². The topological polar surface area (TPSA) is 88.6 Å². The van der Waals surface area contributed by atoms with Crippen LogP contribution in [0.2, 0.25) is 0 Å². The third-order valence-corrected chi connectivity index (χ3v) is 2.12. The molecule has 0 bridgehead atoms. The van der Waals surface area contributed by atoms with Gasteiger partial charge in [-0.15, -0.1) is 11.3 Å². The summed E-state index contributed by atoms with van der Waals surface area (Å²) in [6, 6.07) is 0. The molecule has 5 nitrogen and oxygen atoms in total. The number of hydrogen-bond donors (Lipinski definition) is 2. The van der Waals surface area contributed by atoms with Crippen LogP contribution in [0.5, 0.6) is 0 Å². The Balaban J connectivity index is 0.00000144. The van der Waals surface area contributed by atoms with E-state index in [4.69, 9.17) is 10.9 Å². The number of thiazole rings is 1. The number of nitrogens with zero attached hydrogens (tertiary/aromatic N) is 2. The van der Waals surface area contributed by atoms with Gasteiger partial charge in [0.15, 0.2) is 5.01 Å². The van der Waals surface area contributed by atoms with E-state index in [1.807, 2.05) is 0 Å². The first kappa shape index (κ1) is 12.3. The van der Waals surface area contributed by atoms with E-state index in [-0.39, 0.29) is 28.1 Å². The van der Waals surface area contributed by atoms with E-state index in [0.717, 1.165) is 5.69 Å². The zero-order valence-electron chi connectivity index (χ0n) is 6.61. The molecule has 1 heterocycles. The van der Waals surface area contributed by atoms with Crippen molar-refractivity contribution < 1.29 is 32.4 Å². The molecule has 1 amide bonds. The molecule has 0 spiro atoms. The molecule has 0 aliphatic rings. The van der Waals surface area contributed by atoms with Crippen molar-refractivity contribution in [2.45, 2.75) is 6.92 Å². The number of carbonyl (C=O) groups excluding carboxylic acids is 1. The minimum Gasteiger partial charge on any atom is -0.410 e. The van der Waals surface area contributed by atoms with Crippen LogP contribution in [-0.2, 0) is 27.2 Å². The molecule has 3 N–H and O–H groups in total. The van der Waals surface area contributed by atoms with Gasteiger partial charge in [-0.1, -0.05) is 5.16 Å². The largest absolute Gasteiger partial charge is 0.410 e. The quantitative estimate of drug-likeness (QED) is 0.351. The third kappa shape index (κ3) is 2.92. The number of carbonyl (C=O) groups is 1. The van der Waals surface area contributed by atoms with Gasteiger partial charge in [0.1, 0.15) is 0 Å². The fourth-order valence-corrected chi connectivity index (χ4v) is 1.44.